The molecule has 4 aliphatic rings. The molecule has 0 saturated carbocycles. The molecule has 0 aromatic heterocycles. The van der Waals surface area contributed by atoms with Gasteiger partial charge in [-0.05, 0) is 24.3 Å². The summed E-state index contributed by atoms with van der Waals surface area (Å²) < 4.78 is 120. The number of thioether (sulfide) groups is 1. The highest BCUT2D eigenvalue weighted by Gasteiger charge is 2.61. The first kappa shape index (κ1) is 70.0. The van der Waals surface area contributed by atoms with Gasteiger partial charge in [0.1, 0.15) is 56.4 Å². The Morgan fingerprint density at radius 3 is 1.23 bits per heavy atom. The third-order valence-corrected chi connectivity index (χ3v) is 16.2. The zero-order valence-corrected chi connectivity index (χ0v) is 54.1. The highest BCUT2D eigenvalue weighted by molar-refractivity contribution is 7.99. The molecule has 92 heavy (non-hydrogen) atoms. The van der Waals surface area contributed by atoms with E-state index in [1.54, 1.807) is 11.8 Å². The zero-order valence-electron chi connectivity index (χ0n) is 57.3. The van der Waals surface area contributed by atoms with Gasteiger partial charge in [-0.2, -0.15) is 11.8 Å². The number of esters is 9. The van der Waals surface area contributed by atoms with Crippen molar-refractivity contribution in [2.75, 3.05) is 37.9 Å². The molecule has 516 valence electrons. The molecular weight excluding hydrogens is 1230 g/mol. The molecule has 1 unspecified atom stereocenters. The number of carbonyl (C=O) groups is 11. The first-order chi connectivity index (χ1) is 46.1. The molecule has 5 rings (SSSR count). The van der Waals surface area contributed by atoms with Crippen LogP contribution in [0.5, 0.6) is 0 Å². The lowest BCUT2D eigenvalue weighted by atomic mass is 9.93. The number of carbonyl (C=O) groups excluding carboxylic acids is 11. The summed E-state index contributed by atoms with van der Waals surface area (Å²) in [4.78, 5) is 147. The van der Waals surface area contributed by atoms with Crippen molar-refractivity contribution in [3.8, 4) is 0 Å². The van der Waals surface area contributed by atoms with E-state index in [9.17, 15) is 52.7 Å². The minimum Gasteiger partial charge on any atom is -0.463 e. The summed E-state index contributed by atoms with van der Waals surface area (Å²) in [5, 5.41) is 0. The minimum atomic E-state index is -2.25. The number of imide groups is 1. The summed E-state index contributed by atoms with van der Waals surface area (Å²) in [6.07, 6.45) is -8.00. The number of hydrogen-bond donors (Lipinski definition) is 0. The predicted octanol–water partition coefficient (Wildman–Crippen LogP) is 6.89. The Morgan fingerprint density at radius 1 is 0.424 bits per heavy atom. The quantitative estimate of drug-likeness (QED) is 0.0281. The monoisotopic (exact) mass is 1330 g/mol. The van der Waals surface area contributed by atoms with Crippen LogP contribution in [0.25, 0.3) is 0 Å². The van der Waals surface area contributed by atoms with E-state index in [-0.39, 0.29) is 17.7 Å². The van der Waals surface area contributed by atoms with E-state index in [2.05, 4.69) is 6.92 Å². The fraction of sp³-hybridized carbons (Fsp3) is 0.734. The van der Waals surface area contributed by atoms with Gasteiger partial charge in [0, 0.05) is 73.5 Å². The number of benzene rings is 1. The van der Waals surface area contributed by atoms with Crippen LogP contribution < -0.4 is 0 Å². The molecule has 15 atom stereocenters. The highest BCUT2D eigenvalue weighted by Crippen LogP contribution is 2.40. The lowest BCUT2D eigenvalue weighted by Crippen LogP contribution is -2.70. The summed E-state index contributed by atoms with van der Waals surface area (Å²) >= 11 is 1.59. The maximum absolute atomic E-state index is 14.6. The molecule has 0 aliphatic carbocycles. The predicted molar refractivity (Wildman–Crippen MR) is 323 cm³/mol. The lowest BCUT2D eigenvalue weighted by molar-refractivity contribution is -0.376. The summed E-state index contributed by atoms with van der Waals surface area (Å²) in [7, 11) is 0. The molecular formula is C64H93NO26S. The van der Waals surface area contributed by atoms with Crippen molar-refractivity contribution in [1.29, 1.82) is 0 Å². The molecule has 0 radical (unpaired) electrons. The van der Waals surface area contributed by atoms with Crippen LogP contribution in [0.2, 0.25) is 0 Å². The van der Waals surface area contributed by atoms with Crippen molar-refractivity contribution < 1.29 is 129 Å². The molecule has 1 aromatic carbocycles. The van der Waals surface area contributed by atoms with Crippen LogP contribution >= 0.6 is 11.8 Å². The van der Waals surface area contributed by atoms with Gasteiger partial charge in [0.2, 0.25) is 0 Å². The first-order valence-corrected chi connectivity index (χ1v) is 32.4. The number of fused-ring (bicyclic) bond motifs is 1. The van der Waals surface area contributed by atoms with Crippen LogP contribution in [-0.4, -0.2) is 200 Å². The van der Waals surface area contributed by atoms with E-state index in [0.717, 1.165) is 71.0 Å². The largest absolute Gasteiger partial charge is 0.463 e. The molecule has 2 amide bonds. The zero-order chi connectivity index (χ0) is 70.3. The topological polar surface area (TPSA) is 329 Å². The Kier molecular flexibility index (Phi) is 30.0. The SMILES string of the molecule is [2H]CC(=O)OC[C@H]1OC(O[C@@H]2[C@H](OC(C)=O)[C@@H](OC(C)=O)[C@H](O[C@H]3[C@H](OC(C)=O)[C@@H](N4C(=O)c5ccccc5C4=O)[C@H](OCCSCCCCCCCCCCCCCCCCCC)O[C@@H]3COC(C)=O)O[C@@H]2COC(C)=O)[C@H](OC(=O)C[2H])[C@@H](OC(=O)C[2H])[C@H]1OC(=O)C[2H]. The van der Waals surface area contributed by atoms with Crippen molar-refractivity contribution in [2.45, 2.75) is 264 Å². The van der Waals surface area contributed by atoms with Gasteiger partial charge >= 0.3 is 53.7 Å². The number of unbranched alkanes of at least 4 members (excludes halogenated alkanes) is 15. The second kappa shape index (κ2) is 39.4. The molecule has 1 aromatic rings. The van der Waals surface area contributed by atoms with Crippen molar-refractivity contribution >= 4 is 77.3 Å². The molecule has 3 saturated heterocycles. The van der Waals surface area contributed by atoms with Crippen LogP contribution in [-0.2, 0) is 114 Å². The Balaban J connectivity index is 1.50. The smallest absolute Gasteiger partial charge is 0.303 e. The van der Waals surface area contributed by atoms with Gasteiger partial charge < -0.3 is 71.1 Å². The van der Waals surface area contributed by atoms with Crippen LogP contribution in [0, 0.1) is 0 Å². The summed E-state index contributed by atoms with van der Waals surface area (Å²) in [5.74, 6) is -10.8. The fourth-order valence-corrected chi connectivity index (χ4v) is 12.1. The molecule has 4 heterocycles. The third-order valence-electron chi connectivity index (χ3n) is 15.2. The van der Waals surface area contributed by atoms with Crippen LogP contribution in [0.4, 0.5) is 0 Å². The lowest BCUT2D eigenvalue weighted by Gasteiger charge is -2.51. The average molecular weight is 1330 g/mol. The van der Waals surface area contributed by atoms with E-state index in [0.29, 0.717) is 5.75 Å². The number of nitrogens with zero attached hydrogens (tertiary/aromatic N) is 1. The van der Waals surface area contributed by atoms with Crippen molar-refractivity contribution in [3.05, 3.63) is 35.4 Å². The standard InChI is InChI=1S/C64H93NO26S/c1-11-12-13-14-15-16-17-18-19-20-21-22-23-24-25-28-32-92-33-31-77-62-51(65-60(75)46-29-26-27-30-47(46)61(65)76)55(82-41(6)70)52(48(87-62)34-78-37(2)66)90-63-59(86-45(10)74)57(84-43(8)72)54(50(89-63)36-80-39(4)68)91-64-58(85-44(9)73)56(83-42(7)71)53(81-40(5)69)49(88-64)35-79-38(3)67/h26-27,29-30,48-59,62-64H,11-25,28,31-36H2,1-10H3/t48-,49-,50-,51-,52-,53+,54+,55-,56+,57+,58-,59-,62-,63+,64?/m1/s1/i3D,5D,7D,9D. The highest BCUT2D eigenvalue weighted by atomic mass is 32.2. The van der Waals surface area contributed by atoms with Gasteiger partial charge in [0.25, 0.3) is 11.8 Å². The maximum Gasteiger partial charge on any atom is 0.303 e. The van der Waals surface area contributed by atoms with E-state index < -0.39 is 205 Å². The molecule has 3 fully saturated rings. The Labute approximate surface area is 547 Å². The number of hydrogen-bond acceptors (Lipinski definition) is 27. The molecule has 0 spiro atoms. The van der Waals surface area contributed by atoms with Crippen molar-refractivity contribution in [2.24, 2.45) is 0 Å². The Morgan fingerprint density at radius 2 is 0.783 bits per heavy atom. The third kappa shape index (κ3) is 24.2. The van der Waals surface area contributed by atoms with Crippen LogP contribution in [0.15, 0.2) is 24.3 Å². The number of rotatable bonds is 38. The Hall–Kier alpha value is -6.30. The first-order valence-electron chi connectivity index (χ1n) is 34.0. The summed E-state index contributed by atoms with van der Waals surface area (Å²) in [5.41, 5.74) is -0.0650. The molecule has 27 nitrogen and oxygen atoms in total. The van der Waals surface area contributed by atoms with E-state index in [1.165, 1.54) is 101 Å². The molecule has 4 aliphatic heterocycles. The van der Waals surface area contributed by atoms with Gasteiger partial charge in [-0.3, -0.25) is 57.6 Å². The Bertz CT molecular complexity index is 2680. The van der Waals surface area contributed by atoms with Crippen LogP contribution in [0.3, 0.4) is 0 Å². The van der Waals surface area contributed by atoms with E-state index in [4.69, 9.17) is 76.5 Å². The van der Waals surface area contributed by atoms with Crippen molar-refractivity contribution in [3.63, 3.8) is 0 Å². The van der Waals surface area contributed by atoms with Gasteiger partial charge in [-0.1, -0.05) is 115 Å². The normalized spacial score (nSPS) is 27.4. The molecule has 0 N–H and O–H groups in total. The van der Waals surface area contributed by atoms with Gasteiger partial charge in [0.05, 0.1) is 17.7 Å². The minimum absolute atomic E-state index is 0.0325. The van der Waals surface area contributed by atoms with Gasteiger partial charge in [-0.15, -0.1) is 0 Å². The maximum atomic E-state index is 14.6. The van der Waals surface area contributed by atoms with Crippen molar-refractivity contribution in [1.82, 2.24) is 4.90 Å². The molecule has 0 bridgehead atoms. The van der Waals surface area contributed by atoms with Gasteiger partial charge in [0.15, 0.2) is 55.5 Å². The van der Waals surface area contributed by atoms with E-state index in [1.807, 2.05) is 0 Å². The number of ether oxygens (including phenoxy) is 15. The summed E-state index contributed by atoms with van der Waals surface area (Å²) in [6, 6.07) is 4.14. The number of amides is 2. The fourth-order valence-electron chi connectivity index (χ4n) is 11.3. The van der Waals surface area contributed by atoms with E-state index >= 15 is 0 Å². The second-order valence-electron chi connectivity index (χ2n) is 22.5. The molecule has 28 heteroatoms. The average Bonchev–Trinajstić information content (AvgIpc) is 1.43. The summed E-state index contributed by atoms with van der Waals surface area (Å²) in [6.45, 7) is 0.315. The second-order valence-corrected chi connectivity index (χ2v) is 23.7. The van der Waals surface area contributed by atoms with Crippen LogP contribution in [0.1, 0.15) is 198 Å². The van der Waals surface area contributed by atoms with Gasteiger partial charge in [-0.25, -0.2) is 0 Å².